The van der Waals surface area contributed by atoms with E-state index in [0.29, 0.717) is 19.7 Å². The number of hydrogen-bond acceptors (Lipinski definition) is 4. The Bertz CT molecular complexity index is 543. The van der Waals surface area contributed by atoms with E-state index in [1.165, 1.54) is 0 Å². The molecule has 2 saturated heterocycles. The van der Waals surface area contributed by atoms with Crippen molar-refractivity contribution in [1.82, 2.24) is 0 Å². The summed E-state index contributed by atoms with van der Waals surface area (Å²) in [5, 5.41) is 0. The molecule has 0 bridgehead atoms. The van der Waals surface area contributed by atoms with Gasteiger partial charge in [0.2, 0.25) is 0 Å². The van der Waals surface area contributed by atoms with E-state index in [0.717, 1.165) is 24.2 Å². The second kappa shape index (κ2) is 5.63. The molecule has 1 aromatic carbocycles. The second-order valence-corrected chi connectivity index (χ2v) is 5.16. The Hall–Kier alpha value is -2.24. The molecule has 0 radical (unpaired) electrons. The quantitative estimate of drug-likeness (QED) is 0.859. The lowest BCUT2D eigenvalue weighted by Crippen LogP contribution is -2.37. The molecule has 0 aromatic heterocycles. The molecule has 2 amide bonds. The number of anilines is 2. The van der Waals surface area contributed by atoms with E-state index in [9.17, 15) is 9.59 Å². The van der Waals surface area contributed by atoms with Crippen molar-refractivity contribution in [2.24, 2.45) is 0 Å². The molecule has 0 unspecified atom stereocenters. The number of hydrogen-bond donors (Lipinski definition) is 0. The highest BCUT2D eigenvalue weighted by molar-refractivity contribution is 5.91. The zero-order valence-electron chi connectivity index (χ0n) is 11.9. The topological polar surface area (TPSA) is 59.1 Å². The van der Waals surface area contributed by atoms with E-state index < -0.39 is 0 Å². The first-order valence-corrected chi connectivity index (χ1v) is 7.21. The van der Waals surface area contributed by atoms with Crippen LogP contribution < -0.4 is 9.80 Å². The third kappa shape index (κ3) is 2.66. The van der Waals surface area contributed by atoms with Gasteiger partial charge in [-0.05, 0) is 37.1 Å². The van der Waals surface area contributed by atoms with Crippen molar-refractivity contribution >= 4 is 23.6 Å². The van der Waals surface area contributed by atoms with Gasteiger partial charge < -0.3 is 9.47 Å². The van der Waals surface area contributed by atoms with Crippen LogP contribution in [-0.4, -0.2) is 38.0 Å². The molecular weight excluding hydrogens is 272 g/mol. The van der Waals surface area contributed by atoms with Crippen LogP contribution in [0.1, 0.15) is 19.8 Å². The summed E-state index contributed by atoms with van der Waals surface area (Å²) in [6.45, 7) is 3.69. The fraction of sp³-hybridized carbons (Fsp3) is 0.467. The molecule has 3 rings (SSSR count). The first-order chi connectivity index (χ1) is 10.2. The third-order valence-corrected chi connectivity index (χ3v) is 3.77. The predicted octanol–water partition coefficient (Wildman–Crippen LogP) is 2.77. The van der Waals surface area contributed by atoms with E-state index in [-0.39, 0.29) is 18.3 Å². The van der Waals surface area contributed by atoms with Gasteiger partial charge in [0.1, 0.15) is 6.10 Å². The van der Waals surface area contributed by atoms with Gasteiger partial charge in [0.15, 0.2) is 0 Å². The smallest absolute Gasteiger partial charge is 0.414 e. The number of benzene rings is 1. The van der Waals surface area contributed by atoms with Crippen LogP contribution in [0.15, 0.2) is 24.3 Å². The normalized spacial score (nSPS) is 22.2. The van der Waals surface area contributed by atoms with Crippen LogP contribution in [0.3, 0.4) is 0 Å². The zero-order valence-corrected chi connectivity index (χ0v) is 11.9. The van der Waals surface area contributed by atoms with Gasteiger partial charge in [0, 0.05) is 17.9 Å². The number of cyclic esters (lactones) is 2. The number of carbonyl (C=O) groups is 2. The van der Waals surface area contributed by atoms with Crippen LogP contribution in [0.5, 0.6) is 0 Å². The van der Waals surface area contributed by atoms with Crippen molar-refractivity contribution in [3.8, 4) is 0 Å². The fourth-order valence-corrected chi connectivity index (χ4v) is 2.54. The van der Waals surface area contributed by atoms with Crippen molar-refractivity contribution in [2.45, 2.75) is 25.9 Å². The maximum atomic E-state index is 11.8. The molecular formula is C15H18N2O4. The summed E-state index contributed by atoms with van der Waals surface area (Å²) in [4.78, 5) is 26.7. The molecule has 1 atom stereocenters. The summed E-state index contributed by atoms with van der Waals surface area (Å²) in [6.07, 6.45) is 0.950. The summed E-state index contributed by atoms with van der Waals surface area (Å²) in [7, 11) is 0. The number of ether oxygens (including phenoxy) is 2. The highest BCUT2D eigenvalue weighted by Gasteiger charge is 2.31. The van der Waals surface area contributed by atoms with Crippen molar-refractivity contribution in [3.63, 3.8) is 0 Å². The lowest BCUT2D eigenvalue weighted by Gasteiger charge is -2.26. The van der Waals surface area contributed by atoms with Gasteiger partial charge in [-0.15, -0.1) is 0 Å². The van der Waals surface area contributed by atoms with Crippen LogP contribution >= 0.6 is 0 Å². The molecule has 2 aliphatic rings. The van der Waals surface area contributed by atoms with E-state index in [1.54, 1.807) is 9.80 Å². The summed E-state index contributed by atoms with van der Waals surface area (Å²) in [5.74, 6) is 0. The Balaban J connectivity index is 1.75. The van der Waals surface area contributed by atoms with Crippen molar-refractivity contribution in [2.75, 3.05) is 29.5 Å². The SMILES string of the molecule is CC[C@H]1CN(c2ccc(N3CCCOC3=O)cc2)C(=O)O1. The van der Waals surface area contributed by atoms with Crippen LogP contribution in [0.4, 0.5) is 21.0 Å². The first kappa shape index (κ1) is 13.7. The Morgan fingerprint density at radius 2 is 1.76 bits per heavy atom. The van der Waals surface area contributed by atoms with Gasteiger partial charge in [-0.2, -0.15) is 0 Å². The fourth-order valence-electron chi connectivity index (χ4n) is 2.54. The second-order valence-electron chi connectivity index (χ2n) is 5.16. The predicted molar refractivity (Wildman–Crippen MR) is 77.7 cm³/mol. The van der Waals surface area contributed by atoms with Gasteiger partial charge in [0.25, 0.3) is 0 Å². The minimum atomic E-state index is -0.319. The van der Waals surface area contributed by atoms with Crippen molar-refractivity contribution in [3.05, 3.63) is 24.3 Å². The van der Waals surface area contributed by atoms with Crippen LogP contribution in [0.25, 0.3) is 0 Å². The molecule has 21 heavy (non-hydrogen) atoms. The Kier molecular flexibility index (Phi) is 3.68. The maximum Gasteiger partial charge on any atom is 0.414 e. The number of carbonyl (C=O) groups excluding carboxylic acids is 2. The monoisotopic (exact) mass is 290 g/mol. The van der Waals surface area contributed by atoms with E-state index in [1.807, 2.05) is 31.2 Å². The Labute approximate surface area is 123 Å². The van der Waals surface area contributed by atoms with Gasteiger partial charge in [-0.3, -0.25) is 9.80 Å². The van der Waals surface area contributed by atoms with Crippen LogP contribution in [0.2, 0.25) is 0 Å². The standard InChI is InChI=1S/C15H18N2O4/c1-2-13-10-17(15(19)21-13)12-6-4-11(5-7-12)16-8-3-9-20-14(16)18/h4-7,13H,2-3,8-10H2,1H3/t13-/m0/s1. The molecule has 0 spiro atoms. The number of nitrogens with zero attached hydrogens (tertiary/aromatic N) is 2. The van der Waals surface area contributed by atoms with E-state index in [4.69, 9.17) is 9.47 Å². The van der Waals surface area contributed by atoms with Crippen LogP contribution in [-0.2, 0) is 9.47 Å². The number of amides is 2. The Morgan fingerprint density at radius 3 is 2.33 bits per heavy atom. The largest absolute Gasteiger partial charge is 0.449 e. The Morgan fingerprint density at radius 1 is 1.10 bits per heavy atom. The highest BCUT2D eigenvalue weighted by Crippen LogP contribution is 2.26. The minimum Gasteiger partial charge on any atom is -0.449 e. The zero-order chi connectivity index (χ0) is 14.8. The summed E-state index contributed by atoms with van der Waals surface area (Å²) in [6, 6.07) is 7.32. The van der Waals surface area contributed by atoms with Gasteiger partial charge in [-0.1, -0.05) is 6.92 Å². The van der Waals surface area contributed by atoms with Gasteiger partial charge in [-0.25, -0.2) is 9.59 Å². The van der Waals surface area contributed by atoms with E-state index in [2.05, 4.69) is 0 Å². The van der Waals surface area contributed by atoms with Gasteiger partial charge >= 0.3 is 12.2 Å². The molecule has 0 N–H and O–H groups in total. The first-order valence-electron chi connectivity index (χ1n) is 7.21. The van der Waals surface area contributed by atoms with Crippen molar-refractivity contribution in [1.29, 1.82) is 0 Å². The molecule has 2 aliphatic heterocycles. The molecule has 112 valence electrons. The molecule has 2 fully saturated rings. The average Bonchev–Trinajstić information content (AvgIpc) is 2.89. The lowest BCUT2D eigenvalue weighted by molar-refractivity contribution is 0.139. The molecule has 2 heterocycles. The lowest BCUT2D eigenvalue weighted by atomic mass is 10.2. The molecule has 0 saturated carbocycles. The number of rotatable bonds is 3. The summed E-state index contributed by atoms with van der Waals surface area (Å²) >= 11 is 0. The van der Waals surface area contributed by atoms with Crippen molar-refractivity contribution < 1.29 is 19.1 Å². The average molecular weight is 290 g/mol. The van der Waals surface area contributed by atoms with Gasteiger partial charge in [0.05, 0.1) is 13.2 Å². The van der Waals surface area contributed by atoms with Crippen LogP contribution in [0, 0.1) is 0 Å². The summed E-state index contributed by atoms with van der Waals surface area (Å²) < 4.78 is 10.3. The maximum absolute atomic E-state index is 11.8. The molecule has 6 heteroatoms. The minimum absolute atomic E-state index is 0.0470. The molecule has 1 aromatic rings. The molecule has 0 aliphatic carbocycles. The van der Waals surface area contributed by atoms with E-state index >= 15 is 0 Å². The highest BCUT2D eigenvalue weighted by atomic mass is 16.6. The molecule has 6 nitrogen and oxygen atoms in total. The third-order valence-electron chi connectivity index (χ3n) is 3.77. The summed E-state index contributed by atoms with van der Waals surface area (Å²) in [5.41, 5.74) is 1.56.